The number of carbonyl (C=O) groups is 2. The molecule has 88 valence electrons. The predicted molar refractivity (Wildman–Crippen MR) is 63.9 cm³/mol. The SMILES string of the molecule is CSCCC(=O)NCc1nc(C(=O)O)cs1. The van der Waals surface area contributed by atoms with E-state index in [1.807, 2.05) is 6.26 Å². The number of nitrogens with zero attached hydrogens (tertiary/aromatic N) is 1. The van der Waals surface area contributed by atoms with Gasteiger partial charge >= 0.3 is 5.97 Å². The molecular weight excluding hydrogens is 248 g/mol. The van der Waals surface area contributed by atoms with E-state index in [0.717, 1.165) is 5.75 Å². The summed E-state index contributed by atoms with van der Waals surface area (Å²) in [7, 11) is 0. The fourth-order valence-corrected chi connectivity index (χ4v) is 2.04. The van der Waals surface area contributed by atoms with E-state index in [4.69, 9.17) is 5.11 Å². The number of rotatable bonds is 6. The summed E-state index contributed by atoms with van der Waals surface area (Å²) < 4.78 is 0. The van der Waals surface area contributed by atoms with Gasteiger partial charge in [-0.15, -0.1) is 11.3 Å². The Hall–Kier alpha value is -1.08. The maximum Gasteiger partial charge on any atom is 0.355 e. The van der Waals surface area contributed by atoms with Gasteiger partial charge in [-0.25, -0.2) is 9.78 Å². The van der Waals surface area contributed by atoms with Gasteiger partial charge in [0.15, 0.2) is 5.69 Å². The number of amides is 1. The molecule has 0 unspecified atom stereocenters. The Morgan fingerprint density at radius 3 is 2.94 bits per heavy atom. The average molecular weight is 260 g/mol. The third-order valence-electron chi connectivity index (χ3n) is 1.74. The molecule has 0 fully saturated rings. The molecule has 0 aromatic carbocycles. The third-order valence-corrected chi connectivity index (χ3v) is 3.20. The summed E-state index contributed by atoms with van der Waals surface area (Å²) in [5.41, 5.74) is 0.0263. The van der Waals surface area contributed by atoms with E-state index in [-0.39, 0.29) is 11.6 Å². The molecule has 0 bridgehead atoms. The predicted octanol–water partition coefficient (Wildman–Crippen LogP) is 1.21. The molecule has 0 radical (unpaired) electrons. The van der Waals surface area contributed by atoms with Crippen LogP contribution in [-0.4, -0.2) is 34.0 Å². The van der Waals surface area contributed by atoms with Crippen LogP contribution in [-0.2, 0) is 11.3 Å². The van der Waals surface area contributed by atoms with Gasteiger partial charge in [-0.3, -0.25) is 4.79 Å². The molecule has 0 saturated carbocycles. The van der Waals surface area contributed by atoms with E-state index in [0.29, 0.717) is 18.0 Å². The van der Waals surface area contributed by atoms with Gasteiger partial charge in [-0.1, -0.05) is 0 Å². The Balaban J connectivity index is 2.36. The monoisotopic (exact) mass is 260 g/mol. The number of nitrogens with one attached hydrogen (secondary N) is 1. The smallest absolute Gasteiger partial charge is 0.355 e. The van der Waals surface area contributed by atoms with Gasteiger partial charge in [-0.2, -0.15) is 11.8 Å². The number of thioether (sulfide) groups is 1. The lowest BCUT2D eigenvalue weighted by molar-refractivity contribution is -0.120. The molecule has 1 amide bonds. The van der Waals surface area contributed by atoms with Crippen molar-refractivity contribution in [2.75, 3.05) is 12.0 Å². The Morgan fingerprint density at radius 1 is 1.62 bits per heavy atom. The molecule has 2 N–H and O–H groups in total. The fraction of sp³-hybridized carbons (Fsp3) is 0.444. The number of thiazole rings is 1. The number of carboxylic acids is 1. The van der Waals surface area contributed by atoms with Crippen LogP contribution in [0.3, 0.4) is 0 Å². The van der Waals surface area contributed by atoms with Crippen LogP contribution in [0.4, 0.5) is 0 Å². The summed E-state index contributed by atoms with van der Waals surface area (Å²) in [5, 5.41) is 13.4. The normalized spacial score (nSPS) is 10.1. The zero-order valence-corrected chi connectivity index (χ0v) is 10.4. The summed E-state index contributed by atoms with van der Waals surface area (Å²) in [5.74, 6) is -0.304. The molecule has 0 atom stereocenters. The first-order valence-electron chi connectivity index (χ1n) is 4.57. The summed E-state index contributed by atoms with van der Waals surface area (Å²) in [4.78, 5) is 25.7. The van der Waals surface area contributed by atoms with Crippen LogP contribution in [0.2, 0.25) is 0 Å². The van der Waals surface area contributed by atoms with Gasteiger partial charge in [0.2, 0.25) is 5.91 Å². The first-order chi connectivity index (χ1) is 7.63. The van der Waals surface area contributed by atoms with Crippen LogP contribution in [0.1, 0.15) is 21.9 Å². The van der Waals surface area contributed by atoms with Crippen LogP contribution in [0.5, 0.6) is 0 Å². The number of aromatic nitrogens is 1. The molecule has 1 aromatic rings. The van der Waals surface area contributed by atoms with Crippen molar-refractivity contribution in [3.8, 4) is 0 Å². The van der Waals surface area contributed by atoms with Crippen LogP contribution < -0.4 is 5.32 Å². The van der Waals surface area contributed by atoms with Crippen molar-refractivity contribution in [1.29, 1.82) is 0 Å². The van der Waals surface area contributed by atoms with Gasteiger partial charge in [0, 0.05) is 17.6 Å². The van der Waals surface area contributed by atoms with Crippen molar-refractivity contribution in [1.82, 2.24) is 10.3 Å². The maximum atomic E-state index is 11.3. The molecule has 16 heavy (non-hydrogen) atoms. The van der Waals surface area contributed by atoms with E-state index in [1.54, 1.807) is 11.8 Å². The molecule has 1 heterocycles. The fourth-order valence-electron chi connectivity index (χ4n) is 0.948. The van der Waals surface area contributed by atoms with E-state index >= 15 is 0 Å². The quantitative estimate of drug-likeness (QED) is 0.803. The van der Waals surface area contributed by atoms with Crippen molar-refractivity contribution in [3.05, 3.63) is 16.1 Å². The summed E-state index contributed by atoms with van der Waals surface area (Å²) in [6, 6.07) is 0. The minimum absolute atomic E-state index is 0.0263. The summed E-state index contributed by atoms with van der Waals surface area (Å²) >= 11 is 2.84. The van der Waals surface area contributed by atoms with Crippen molar-refractivity contribution in [2.24, 2.45) is 0 Å². The molecule has 0 aliphatic rings. The molecule has 0 spiro atoms. The van der Waals surface area contributed by atoms with Crippen molar-refractivity contribution >= 4 is 35.0 Å². The van der Waals surface area contributed by atoms with Crippen LogP contribution in [0.15, 0.2) is 5.38 Å². The second kappa shape index (κ2) is 6.49. The third kappa shape index (κ3) is 4.19. The van der Waals surface area contributed by atoms with Gasteiger partial charge in [-0.05, 0) is 6.26 Å². The molecule has 0 saturated heterocycles. The highest BCUT2D eigenvalue weighted by Crippen LogP contribution is 2.09. The van der Waals surface area contributed by atoms with Crippen molar-refractivity contribution in [3.63, 3.8) is 0 Å². The Morgan fingerprint density at radius 2 is 2.38 bits per heavy atom. The molecule has 7 heteroatoms. The lowest BCUT2D eigenvalue weighted by atomic mass is 10.4. The Labute approximate surface area is 101 Å². The standard InChI is InChI=1S/C9H12N2O3S2/c1-15-3-2-7(12)10-4-8-11-6(5-16-8)9(13)14/h5H,2-4H2,1H3,(H,10,12)(H,13,14). The van der Waals surface area contributed by atoms with E-state index in [9.17, 15) is 9.59 Å². The number of hydrogen-bond acceptors (Lipinski definition) is 5. The molecule has 1 aromatic heterocycles. The largest absolute Gasteiger partial charge is 0.476 e. The van der Waals surface area contributed by atoms with Gasteiger partial charge < -0.3 is 10.4 Å². The summed E-state index contributed by atoms with van der Waals surface area (Å²) in [6.45, 7) is 0.297. The highest BCUT2D eigenvalue weighted by molar-refractivity contribution is 7.98. The second-order valence-electron chi connectivity index (χ2n) is 2.95. The number of carbonyl (C=O) groups excluding carboxylic acids is 1. The highest BCUT2D eigenvalue weighted by atomic mass is 32.2. The zero-order chi connectivity index (χ0) is 12.0. The number of carboxylic acid groups (broad SMARTS) is 1. The van der Waals surface area contributed by atoms with Crippen molar-refractivity contribution in [2.45, 2.75) is 13.0 Å². The summed E-state index contributed by atoms with van der Waals surface area (Å²) in [6.07, 6.45) is 2.41. The number of hydrogen-bond donors (Lipinski definition) is 2. The number of aromatic carboxylic acids is 1. The maximum absolute atomic E-state index is 11.3. The highest BCUT2D eigenvalue weighted by Gasteiger charge is 2.09. The Bertz CT molecular complexity index is 379. The van der Waals surface area contributed by atoms with Crippen LogP contribution >= 0.6 is 23.1 Å². The minimum atomic E-state index is -1.05. The van der Waals surface area contributed by atoms with E-state index in [2.05, 4.69) is 10.3 Å². The first kappa shape index (κ1) is 13.0. The second-order valence-corrected chi connectivity index (χ2v) is 4.88. The van der Waals surface area contributed by atoms with E-state index < -0.39 is 5.97 Å². The Kier molecular flexibility index (Phi) is 5.27. The van der Waals surface area contributed by atoms with Gasteiger partial charge in [0.25, 0.3) is 0 Å². The first-order valence-corrected chi connectivity index (χ1v) is 6.84. The topological polar surface area (TPSA) is 79.3 Å². The molecule has 5 nitrogen and oxygen atoms in total. The minimum Gasteiger partial charge on any atom is -0.476 e. The molecule has 0 aliphatic carbocycles. The van der Waals surface area contributed by atoms with Gasteiger partial charge in [0.1, 0.15) is 5.01 Å². The molecule has 0 aliphatic heterocycles. The molecular formula is C9H12N2O3S2. The molecule has 1 rings (SSSR count). The van der Waals surface area contributed by atoms with Crippen LogP contribution in [0, 0.1) is 0 Å². The van der Waals surface area contributed by atoms with Crippen molar-refractivity contribution < 1.29 is 14.7 Å². The lowest BCUT2D eigenvalue weighted by Gasteiger charge is -2.01. The average Bonchev–Trinajstić information content (AvgIpc) is 2.72. The zero-order valence-electron chi connectivity index (χ0n) is 8.73. The van der Waals surface area contributed by atoms with E-state index in [1.165, 1.54) is 16.7 Å². The lowest BCUT2D eigenvalue weighted by Crippen LogP contribution is -2.22. The van der Waals surface area contributed by atoms with Gasteiger partial charge in [0.05, 0.1) is 6.54 Å². The van der Waals surface area contributed by atoms with Crippen LogP contribution in [0.25, 0.3) is 0 Å².